The van der Waals surface area contributed by atoms with E-state index in [4.69, 9.17) is 15.0 Å². The fourth-order valence-electron chi connectivity index (χ4n) is 2.40. The van der Waals surface area contributed by atoms with Crippen molar-refractivity contribution in [1.82, 2.24) is 15.0 Å². The molecule has 0 saturated carbocycles. The van der Waals surface area contributed by atoms with Gasteiger partial charge in [0, 0.05) is 25.2 Å². The molecule has 0 radical (unpaired) electrons. The Hall–Kier alpha value is -1.76. The number of aryl methyl sites for hydroxylation is 1. The number of nitrogens with two attached hydrogens (primary N) is 1. The van der Waals surface area contributed by atoms with Crippen LogP contribution in [0.5, 0.6) is 0 Å². The summed E-state index contributed by atoms with van der Waals surface area (Å²) in [5.41, 5.74) is 7.80. The Morgan fingerprint density at radius 1 is 1.33 bits per heavy atom. The minimum absolute atomic E-state index is 0.0993. The van der Waals surface area contributed by atoms with Gasteiger partial charge in [0.1, 0.15) is 0 Å². The van der Waals surface area contributed by atoms with Crippen LogP contribution in [-0.4, -0.2) is 47.4 Å². The molecule has 6 heteroatoms. The molecule has 112 valence electrons. The first-order valence-electron chi connectivity index (χ1n) is 7.18. The Balaban J connectivity index is 1.66. The summed E-state index contributed by atoms with van der Waals surface area (Å²) in [6.07, 6.45) is 0.0993. The van der Waals surface area contributed by atoms with Crippen LogP contribution in [-0.2, 0) is 11.3 Å². The first kappa shape index (κ1) is 14.2. The molecule has 1 aliphatic rings. The largest absolute Gasteiger partial charge is 0.374 e. The van der Waals surface area contributed by atoms with Crippen LogP contribution in [0.25, 0.3) is 11.5 Å². The zero-order valence-corrected chi connectivity index (χ0v) is 12.2. The van der Waals surface area contributed by atoms with Crippen LogP contribution >= 0.6 is 0 Å². The number of ether oxygens (including phenoxy) is 1. The molecule has 1 aliphatic heterocycles. The van der Waals surface area contributed by atoms with Crippen molar-refractivity contribution in [3.8, 4) is 11.5 Å². The first-order chi connectivity index (χ1) is 10.2. The molecule has 1 fully saturated rings. The van der Waals surface area contributed by atoms with Crippen LogP contribution in [0.3, 0.4) is 0 Å². The number of benzene rings is 1. The van der Waals surface area contributed by atoms with Crippen molar-refractivity contribution >= 4 is 0 Å². The molecule has 0 spiro atoms. The summed E-state index contributed by atoms with van der Waals surface area (Å²) < 4.78 is 10.9. The Kier molecular flexibility index (Phi) is 4.28. The third-order valence-corrected chi connectivity index (χ3v) is 3.62. The molecule has 21 heavy (non-hydrogen) atoms. The lowest BCUT2D eigenvalue weighted by atomic mass is 10.1. The van der Waals surface area contributed by atoms with Crippen LogP contribution in [0.1, 0.15) is 11.4 Å². The van der Waals surface area contributed by atoms with Gasteiger partial charge in [0.2, 0.25) is 0 Å². The lowest BCUT2D eigenvalue weighted by Crippen LogP contribution is -2.45. The number of hydrogen-bond acceptors (Lipinski definition) is 6. The summed E-state index contributed by atoms with van der Waals surface area (Å²) in [5.74, 6) is 1.26. The Bertz CT molecular complexity index is 582. The van der Waals surface area contributed by atoms with Crippen molar-refractivity contribution in [2.24, 2.45) is 5.73 Å². The standard InChI is InChI=1S/C15H20N4O2/c1-11-2-4-12(5-3-11)15-17-14(18-21-15)10-19-6-7-20-13(8-16)9-19/h2-5,13H,6-10,16H2,1H3. The van der Waals surface area contributed by atoms with Gasteiger partial charge >= 0.3 is 0 Å². The van der Waals surface area contributed by atoms with Crippen LogP contribution in [0.2, 0.25) is 0 Å². The summed E-state index contributed by atoms with van der Waals surface area (Å²) in [6, 6.07) is 8.05. The van der Waals surface area contributed by atoms with Gasteiger partial charge in [-0.05, 0) is 19.1 Å². The van der Waals surface area contributed by atoms with Crippen LogP contribution in [0.4, 0.5) is 0 Å². The fourth-order valence-corrected chi connectivity index (χ4v) is 2.40. The molecule has 0 aliphatic carbocycles. The lowest BCUT2D eigenvalue weighted by Gasteiger charge is -2.31. The molecule has 0 amide bonds. The zero-order chi connectivity index (χ0) is 14.7. The summed E-state index contributed by atoms with van der Waals surface area (Å²) >= 11 is 0. The van der Waals surface area contributed by atoms with Crippen molar-refractivity contribution in [3.63, 3.8) is 0 Å². The predicted molar refractivity (Wildman–Crippen MR) is 78.5 cm³/mol. The molecule has 6 nitrogen and oxygen atoms in total. The van der Waals surface area contributed by atoms with Crippen molar-refractivity contribution in [2.75, 3.05) is 26.2 Å². The van der Waals surface area contributed by atoms with E-state index >= 15 is 0 Å². The van der Waals surface area contributed by atoms with E-state index in [9.17, 15) is 0 Å². The monoisotopic (exact) mass is 288 g/mol. The zero-order valence-electron chi connectivity index (χ0n) is 12.2. The van der Waals surface area contributed by atoms with Gasteiger partial charge < -0.3 is 15.0 Å². The maximum atomic E-state index is 5.65. The summed E-state index contributed by atoms with van der Waals surface area (Å²) in [7, 11) is 0. The first-order valence-corrected chi connectivity index (χ1v) is 7.18. The molecule has 0 bridgehead atoms. The van der Waals surface area contributed by atoms with E-state index in [1.165, 1.54) is 5.56 Å². The third kappa shape index (κ3) is 3.47. The Morgan fingerprint density at radius 3 is 2.90 bits per heavy atom. The maximum Gasteiger partial charge on any atom is 0.257 e. The predicted octanol–water partition coefficient (Wildman–Crippen LogP) is 1.20. The van der Waals surface area contributed by atoms with Crippen LogP contribution < -0.4 is 5.73 Å². The highest BCUT2D eigenvalue weighted by Gasteiger charge is 2.21. The summed E-state index contributed by atoms with van der Waals surface area (Å²) in [5, 5.41) is 4.06. The quantitative estimate of drug-likeness (QED) is 0.911. The van der Waals surface area contributed by atoms with Crippen molar-refractivity contribution < 1.29 is 9.26 Å². The summed E-state index contributed by atoms with van der Waals surface area (Å²) in [4.78, 5) is 6.70. The van der Waals surface area contributed by atoms with E-state index in [1.807, 2.05) is 24.3 Å². The van der Waals surface area contributed by atoms with Gasteiger partial charge in [-0.3, -0.25) is 4.90 Å². The summed E-state index contributed by atoms with van der Waals surface area (Å²) in [6.45, 7) is 5.63. The van der Waals surface area contributed by atoms with E-state index in [-0.39, 0.29) is 6.10 Å². The number of nitrogens with zero attached hydrogens (tertiary/aromatic N) is 3. The second kappa shape index (κ2) is 6.34. The van der Waals surface area contributed by atoms with Crippen LogP contribution in [0.15, 0.2) is 28.8 Å². The SMILES string of the molecule is Cc1ccc(-c2nc(CN3CCOC(CN)C3)no2)cc1. The van der Waals surface area contributed by atoms with E-state index in [0.717, 1.165) is 18.7 Å². The number of aromatic nitrogens is 2. The second-order valence-corrected chi connectivity index (χ2v) is 5.35. The third-order valence-electron chi connectivity index (χ3n) is 3.62. The van der Waals surface area contributed by atoms with E-state index < -0.39 is 0 Å². The van der Waals surface area contributed by atoms with Gasteiger partial charge in [-0.1, -0.05) is 22.9 Å². The average molecular weight is 288 g/mol. The molecule has 2 heterocycles. The molecule has 1 aromatic carbocycles. The topological polar surface area (TPSA) is 77.4 Å². The van der Waals surface area contributed by atoms with Gasteiger partial charge in [0.25, 0.3) is 5.89 Å². The molecular formula is C15H20N4O2. The Morgan fingerprint density at radius 2 is 2.14 bits per heavy atom. The molecule has 1 atom stereocenters. The molecular weight excluding hydrogens is 268 g/mol. The minimum atomic E-state index is 0.0993. The molecule has 2 N–H and O–H groups in total. The highest BCUT2D eigenvalue weighted by Crippen LogP contribution is 2.18. The highest BCUT2D eigenvalue weighted by atomic mass is 16.5. The van der Waals surface area contributed by atoms with Gasteiger partial charge in [-0.25, -0.2) is 0 Å². The molecule has 1 saturated heterocycles. The van der Waals surface area contributed by atoms with Crippen molar-refractivity contribution in [1.29, 1.82) is 0 Å². The fraction of sp³-hybridized carbons (Fsp3) is 0.467. The van der Waals surface area contributed by atoms with Gasteiger partial charge in [-0.15, -0.1) is 0 Å². The highest BCUT2D eigenvalue weighted by molar-refractivity contribution is 5.53. The van der Waals surface area contributed by atoms with Gasteiger partial charge in [0.15, 0.2) is 5.82 Å². The Labute approximate surface area is 123 Å². The maximum absolute atomic E-state index is 5.65. The van der Waals surface area contributed by atoms with E-state index in [1.54, 1.807) is 0 Å². The van der Waals surface area contributed by atoms with Crippen molar-refractivity contribution in [3.05, 3.63) is 35.7 Å². The number of morpholine rings is 1. The second-order valence-electron chi connectivity index (χ2n) is 5.35. The number of hydrogen-bond donors (Lipinski definition) is 1. The van der Waals surface area contributed by atoms with Gasteiger partial charge in [0.05, 0.1) is 19.3 Å². The number of rotatable bonds is 4. The minimum Gasteiger partial charge on any atom is -0.374 e. The molecule has 1 unspecified atom stereocenters. The van der Waals surface area contributed by atoms with E-state index in [2.05, 4.69) is 22.0 Å². The average Bonchev–Trinajstić information content (AvgIpc) is 2.96. The lowest BCUT2D eigenvalue weighted by molar-refractivity contribution is -0.0269. The molecule has 3 rings (SSSR count). The van der Waals surface area contributed by atoms with E-state index in [0.29, 0.717) is 31.4 Å². The van der Waals surface area contributed by atoms with Crippen molar-refractivity contribution in [2.45, 2.75) is 19.6 Å². The molecule has 1 aromatic heterocycles. The smallest absolute Gasteiger partial charge is 0.257 e. The van der Waals surface area contributed by atoms with Crippen LogP contribution in [0, 0.1) is 6.92 Å². The molecule has 2 aromatic rings. The van der Waals surface area contributed by atoms with Gasteiger partial charge in [-0.2, -0.15) is 4.98 Å². The normalized spacial score (nSPS) is 19.8.